The van der Waals surface area contributed by atoms with Crippen molar-refractivity contribution in [3.63, 3.8) is 0 Å². The van der Waals surface area contributed by atoms with Crippen LogP contribution in [0.25, 0.3) is 0 Å². The molecule has 2 aromatic rings. The third kappa shape index (κ3) is 3.01. The molecule has 0 spiro atoms. The monoisotopic (exact) mass is 261 g/mol. The van der Waals surface area contributed by atoms with E-state index in [1.165, 1.54) is 7.11 Å². The minimum absolute atomic E-state index is 0.387. The number of nitrogens with two attached hydrogens (primary N) is 1. The molecule has 0 fully saturated rings. The van der Waals surface area contributed by atoms with Crippen LogP contribution in [0.4, 0.5) is 11.4 Å². The maximum atomic E-state index is 11.6. The predicted molar refractivity (Wildman–Crippen MR) is 70.5 cm³/mol. The van der Waals surface area contributed by atoms with Gasteiger partial charge in [0.1, 0.15) is 6.33 Å². The first-order chi connectivity index (χ1) is 9.10. The van der Waals surface area contributed by atoms with Crippen molar-refractivity contribution in [1.29, 1.82) is 0 Å². The van der Waals surface area contributed by atoms with E-state index in [-0.39, 0.29) is 0 Å². The molecule has 0 radical (unpaired) electrons. The number of carbonyl (C=O) groups excluding carboxylic acids is 1. The average molecular weight is 261 g/mol. The number of aryl methyl sites for hydroxylation is 1. The topological polar surface area (TPSA) is 95.1 Å². The fraction of sp³-hybridized carbons (Fsp3) is 0.250. The molecular formula is C12H15N5O2. The molecule has 7 nitrogen and oxygen atoms in total. The summed E-state index contributed by atoms with van der Waals surface area (Å²) >= 11 is 0. The number of esters is 1. The van der Waals surface area contributed by atoms with Gasteiger partial charge in [0.15, 0.2) is 5.82 Å². The molecule has 0 aliphatic carbocycles. The smallest absolute Gasteiger partial charge is 0.340 e. The number of nitrogens with zero attached hydrogens (tertiary/aromatic N) is 3. The number of rotatable bonds is 4. The lowest BCUT2D eigenvalue weighted by Gasteiger charge is -2.10. The Hall–Kier alpha value is -2.57. The van der Waals surface area contributed by atoms with Crippen LogP contribution >= 0.6 is 0 Å². The molecule has 2 rings (SSSR count). The summed E-state index contributed by atoms with van der Waals surface area (Å²) in [7, 11) is 3.12. The van der Waals surface area contributed by atoms with Gasteiger partial charge in [0.05, 0.1) is 19.2 Å². The Morgan fingerprint density at radius 2 is 2.32 bits per heavy atom. The van der Waals surface area contributed by atoms with Crippen LogP contribution < -0.4 is 11.1 Å². The molecule has 0 aliphatic rings. The molecule has 100 valence electrons. The third-order valence-corrected chi connectivity index (χ3v) is 2.53. The lowest BCUT2D eigenvalue weighted by molar-refractivity contribution is 0.0602. The van der Waals surface area contributed by atoms with E-state index >= 15 is 0 Å². The van der Waals surface area contributed by atoms with Crippen molar-refractivity contribution in [3.05, 3.63) is 35.9 Å². The molecule has 19 heavy (non-hydrogen) atoms. The lowest BCUT2D eigenvalue weighted by Crippen LogP contribution is -2.09. The van der Waals surface area contributed by atoms with Crippen molar-refractivity contribution in [1.82, 2.24) is 14.8 Å². The van der Waals surface area contributed by atoms with E-state index in [2.05, 4.69) is 15.4 Å². The zero-order chi connectivity index (χ0) is 13.8. The second-order valence-electron chi connectivity index (χ2n) is 3.98. The molecule has 0 saturated heterocycles. The summed E-state index contributed by atoms with van der Waals surface area (Å²) in [6, 6.07) is 5.01. The molecule has 3 N–H and O–H groups in total. The van der Waals surface area contributed by atoms with Crippen molar-refractivity contribution in [2.45, 2.75) is 6.54 Å². The van der Waals surface area contributed by atoms with Crippen molar-refractivity contribution < 1.29 is 9.53 Å². The number of aromatic nitrogens is 3. The number of hydrogen-bond donors (Lipinski definition) is 2. The molecule has 0 amide bonds. The van der Waals surface area contributed by atoms with Gasteiger partial charge in [-0.15, -0.1) is 0 Å². The van der Waals surface area contributed by atoms with Crippen molar-refractivity contribution in [3.8, 4) is 0 Å². The number of nitrogens with one attached hydrogen (secondary N) is 1. The maximum Gasteiger partial charge on any atom is 0.340 e. The Morgan fingerprint density at radius 1 is 1.53 bits per heavy atom. The fourth-order valence-corrected chi connectivity index (χ4v) is 1.63. The number of methoxy groups -OCH3 is 1. The van der Waals surface area contributed by atoms with Crippen LogP contribution in [0.5, 0.6) is 0 Å². The first kappa shape index (κ1) is 12.9. The summed E-state index contributed by atoms with van der Waals surface area (Å²) in [5.74, 6) is 0.193. The Labute approximate surface area is 110 Å². The molecule has 1 heterocycles. The van der Waals surface area contributed by atoms with E-state index in [1.54, 1.807) is 36.3 Å². The second kappa shape index (κ2) is 5.38. The number of ether oxygens (including phenoxy) is 1. The number of hydrogen-bond acceptors (Lipinski definition) is 6. The second-order valence-corrected chi connectivity index (χ2v) is 3.98. The molecule has 1 aromatic heterocycles. The number of nitrogen functional groups attached to an aromatic ring is 1. The Bertz CT molecular complexity index is 594. The van der Waals surface area contributed by atoms with Crippen molar-refractivity contribution >= 4 is 17.3 Å². The summed E-state index contributed by atoms with van der Waals surface area (Å²) in [5.41, 5.74) is 7.19. The summed E-state index contributed by atoms with van der Waals surface area (Å²) in [6.45, 7) is 0.411. The first-order valence-corrected chi connectivity index (χ1v) is 5.66. The van der Waals surface area contributed by atoms with Gasteiger partial charge in [-0.1, -0.05) is 0 Å². The predicted octanol–water partition coefficient (Wildman–Crippen LogP) is 0.796. The van der Waals surface area contributed by atoms with Gasteiger partial charge >= 0.3 is 5.97 Å². The van der Waals surface area contributed by atoms with Gasteiger partial charge in [-0.2, -0.15) is 5.10 Å². The molecule has 0 saturated carbocycles. The highest BCUT2D eigenvalue weighted by Crippen LogP contribution is 2.20. The zero-order valence-electron chi connectivity index (χ0n) is 10.8. The van der Waals surface area contributed by atoms with Crippen LogP contribution in [0, 0.1) is 0 Å². The molecule has 0 aliphatic heterocycles. The van der Waals surface area contributed by atoms with Gasteiger partial charge in [0.2, 0.25) is 0 Å². The van der Waals surface area contributed by atoms with Gasteiger partial charge in [-0.3, -0.25) is 4.68 Å². The summed E-state index contributed by atoms with van der Waals surface area (Å²) < 4.78 is 6.33. The minimum atomic E-state index is -0.441. The van der Waals surface area contributed by atoms with E-state index in [0.717, 1.165) is 0 Å². The van der Waals surface area contributed by atoms with Crippen LogP contribution in [-0.2, 0) is 18.3 Å². The van der Waals surface area contributed by atoms with Gasteiger partial charge in [0, 0.05) is 18.4 Å². The highest BCUT2D eigenvalue weighted by Gasteiger charge is 2.12. The summed E-state index contributed by atoms with van der Waals surface area (Å²) in [6.07, 6.45) is 1.61. The Balaban J connectivity index is 2.17. The maximum absolute atomic E-state index is 11.6. The van der Waals surface area contributed by atoms with Crippen LogP contribution in [0.3, 0.4) is 0 Å². The largest absolute Gasteiger partial charge is 0.465 e. The van der Waals surface area contributed by atoms with Crippen LogP contribution in [0.1, 0.15) is 16.2 Å². The third-order valence-electron chi connectivity index (χ3n) is 2.53. The van der Waals surface area contributed by atoms with Crippen molar-refractivity contribution in [2.75, 3.05) is 18.2 Å². The van der Waals surface area contributed by atoms with Gasteiger partial charge in [-0.25, -0.2) is 9.78 Å². The summed E-state index contributed by atoms with van der Waals surface area (Å²) in [5, 5.41) is 7.23. The number of anilines is 2. The number of benzene rings is 1. The van der Waals surface area contributed by atoms with Gasteiger partial charge < -0.3 is 15.8 Å². The molecule has 0 atom stereocenters. The Kier molecular flexibility index (Phi) is 3.65. The van der Waals surface area contributed by atoms with Crippen molar-refractivity contribution in [2.24, 2.45) is 7.05 Å². The lowest BCUT2D eigenvalue weighted by atomic mass is 10.1. The quantitative estimate of drug-likeness (QED) is 0.624. The SMILES string of the molecule is COC(=O)c1cc(N)ccc1NCc1ncn(C)n1. The van der Waals surface area contributed by atoms with Crippen LogP contribution in [-0.4, -0.2) is 27.8 Å². The first-order valence-electron chi connectivity index (χ1n) is 5.66. The normalized spacial score (nSPS) is 10.2. The minimum Gasteiger partial charge on any atom is -0.465 e. The molecule has 0 bridgehead atoms. The van der Waals surface area contributed by atoms with E-state index in [1.807, 2.05) is 0 Å². The average Bonchev–Trinajstić information content (AvgIpc) is 2.82. The van der Waals surface area contributed by atoms with Crippen LogP contribution in [0.2, 0.25) is 0 Å². The Morgan fingerprint density at radius 3 is 2.95 bits per heavy atom. The molecule has 1 aromatic carbocycles. The zero-order valence-corrected chi connectivity index (χ0v) is 10.8. The highest BCUT2D eigenvalue weighted by molar-refractivity contribution is 5.96. The molecule has 0 unspecified atom stereocenters. The number of carbonyl (C=O) groups is 1. The summed E-state index contributed by atoms with van der Waals surface area (Å²) in [4.78, 5) is 15.7. The standard InChI is InChI=1S/C12H15N5O2/c1-17-7-15-11(16-17)6-14-10-4-3-8(13)5-9(10)12(18)19-2/h3-5,7,14H,6,13H2,1-2H3. The molecular weight excluding hydrogens is 246 g/mol. The van der Waals surface area contributed by atoms with E-state index in [4.69, 9.17) is 10.5 Å². The highest BCUT2D eigenvalue weighted by atomic mass is 16.5. The van der Waals surface area contributed by atoms with Gasteiger partial charge in [0.25, 0.3) is 0 Å². The van der Waals surface area contributed by atoms with E-state index in [0.29, 0.717) is 29.3 Å². The van der Waals surface area contributed by atoms with E-state index in [9.17, 15) is 4.79 Å². The molecule has 7 heteroatoms. The van der Waals surface area contributed by atoms with Gasteiger partial charge in [-0.05, 0) is 18.2 Å². The van der Waals surface area contributed by atoms with E-state index < -0.39 is 5.97 Å². The fourth-order valence-electron chi connectivity index (χ4n) is 1.63. The van der Waals surface area contributed by atoms with Crippen LogP contribution in [0.15, 0.2) is 24.5 Å².